The second kappa shape index (κ2) is 63.6. The number of unbranched alkanes of at least 4 members (excludes halogenated alkanes) is 6. The van der Waals surface area contributed by atoms with Gasteiger partial charge in [-0.3, -0.25) is 43.3 Å². The van der Waals surface area contributed by atoms with E-state index in [1.165, 1.54) is 4.90 Å². The molecule has 36 atom stereocenters. The summed E-state index contributed by atoms with van der Waals surface area (Å²) >= 11 is 0. The number of carbonyl (C=O) groups is 8. The van der Waals surface area contributed by atoms with E-state index in [1.807, 2.05) is 30.3 Å². The summed E-state index contributed by atoms with van der Waals surface area (Å²) in [5.74, 6) is -5.30. The molecule has 7 heterocycles. The highest BCUT2D eigenvalue weighted by Gasteiger charge is 2.54. The third-order valence-corrected chi connectivity index (χ3v) is 25.2. The van der Waals surface area contributed by atoms with Gasteiger partial charge in [0.15, 0.2) is 44.0 Å². The lowest BCUT2D eigenvalue weighted by molar-refractivity contribution is -0.366. The van der Waals surface area contributed by atoms with Crippen molar-refractivity contribution in [1.82, 2.24) is 41.3 Å². The van der Waals surface area contributed by atoms with Crippen molar-refractivity contribution in [3.05, 3.63) is 35.9 Å². The average Bonchev–Trinajstić information content (AvgIpc) is 0.785. The van der Waals surface area contributed by atoms with Gasteiger partial charge in [0.25, 0.3) is 0 Å². The number of nitrogens with zero attached hydrogens (tertiary/aromatic N) is 3. The van der Waals surface area contributed by atoms with Crippen molar-refractivity contribution in [3.8, 4) is 0 Å². The Morgan fingerprint density at radius 1 is 0.310 bits per heavy atom. The summed E-state index contributed by atoms with van der Waals surface area (Å²) in [6.07, 6.45) is -60.3. The van der Waals surface area contributed by atoms with Gasteiger partial charge in [0.2, 0.25) is 41.4 Å². The summed E-state index contributed by atoms with van der Waals surface area (Å²) in [7, 11) is 0. The van der Waals surface area contributed by atoms with E-state index in [-0.39, 0.29) is 77.9 Å². The highest BCUT2D eigenvalue weighted by Crippen LogP contribution is 2.34. The normalized spacial score (nSPS) is 34.1. The number of amides is 7. The van der Waals surface area contributed by atoms with Crippen LogP contribution in [0.1, 0.15) is 95.5 Å². The second-order valence-corrected chi connectivity index (χ2v) is 36.0. The molecule has 0 spiro atoms. The topological polar surface area (TPSA) is 871 Å². The van der Waals surface area contributed by atoms with Gasteiger partial charge in [0, 0.05) is 78.0 Å². The maximum absolute atomic E-state index is 15.2. The first kappa shape index (κ1) is 124. The number of carbonyl (C=O) groups excluding carboxylic acids is 8. The van der Waals surface area contributed by atoms with Crippen LogP contribution < -0.4 is 26.6 Å². The van der Waals surface area contributed by atoms with Crippen molar-refractivity contribution in [1.29, 1.82) is 0 Å². The number of aliphatic hydroxyl groups excluding tert-OH is 26. The summed E-state index contributed by atoms with van der Waals surface area (Å²) in [5, 5.41) is 285. The molecular formula is C88H148N8O49. The molecular weight excluding hydrogens is 1950 g/mol. The fourth-order valence-corrected chi connectivity index (χ4v) is 16.5. The molecule has 834 valence electrons. The van der Waals surface area contributed by atoms with Crippen LogP contribution in [0.25, 0.3) is 0 Å². The number of hydrogen-bond donors (Lipinski definition) is 31. The van der Waals surface area contributed by atoms with Gasteiger partial charge >= 0.3 is 5.97 Å². The number of hydrogen-bond acceptors (Lipinski definition) is 50. The Balaban J connectivity index is 0.874. The average molecular weight is 2100 g/mol. The van der Waals surface area contributed by atoms with Gasteiger partial charge in [-0.25, -0.2) is 0 Å². The van der Waals surface area contributed by atoms with Crippen LogP contribution >= 0.6 is 0 Å². The number of rotatable bonds is 62. The predicted molar refractivity (Wildman–Crippen MR) is 478 cm³/mol. The van der Waals surface area contributed by atoms with Crippen LogP contribution in [-0.2, 0) is 116 Å². The molecule has 57 nitrogen and oxygen atoms in total. The van der Waals surface area contributed by atoms with Gasteiger partial charge in [0.1, 0.15) is 184 Å². The summed E-state index contributed by atoms with van der Waals surface area (Å²) in [4.78, 5) is 114. The van der Waals surface area contributed by atoms with Crippen molar-refractivity contribution in [2.45, 2.75) is 317 Å². The monoisotopic (exact) mass is 2100 g/mol. The molecule has 7 saturated heterocycles. The molecule has 145 heavy (non-hydrogen) atoms. The first-order valence-electron chi connectivity index (χ1n) is 48.3. The van der Waals surface area contributed by atoms with Crippen molar-refractivity contribution < 1.29 is 242 Å². The van der Waals surface area contributed by atoms with E-state index >= 15 is 4.79 Å². The lowest BCUT2D eigenvalue weighted by atomic mass is 9.96. The van der Waals surface area contributed by atoms with Crippen LogP contribution in [0.3, 0.4) is 0 Å². The summed E-state index contributed by atoms with van der Waals surface area (Å²) in [6.45, 7) is -11.7. The van der Waals surface area contributed by atoms with Crippen LogP contribution in [0.4, 0.5) is 0 Å². The predicted octanol–water partition coefficient (Wildman–Crippen LogP) is -17.2. The zero-order valence-electron chi connectivity index (χ0n) is 79.9. The Kier molecular flexibility index (Phi) is 54.2. The quantitative estimate of drug-likeness (QED) is 0.0213. The van der Waals surface area contributed by atoms with Gasteiger partial charge in [0.05, 0.1) is 98.9 Å². The molecule has 7 amide bonds. The van der Waals surface area contributed by atoms with Crippen molar-refractivity contribution in [2.75, 3.05) is 151 Å². The van der Waals surface area contributed by atoms with E-state index in [0.29, 0.717) is 38.5 Å². The zero-order valence-corrected chi connectivity index (χ0v) is 79.9. The molecule has 57 heteroatoms. The summed E-state index contributed by atoms with van der Waals surface area (Å²) < 4.78 is 83.7. The minimum atomic E-state index is -2.00. The number of esters is 1. The third-order valence-electron chi connectivity index (χ3n) is 25.2. The van der Waals surface area contributed by atoms with Crippen molar-refractivity contribution >= 4 is 47.3 Å². The van der Waals surface area contributed by atoms with Gasteiger partial charge in [-0.1, -0.05) is 49.6 Å². The number of nitrogens with one attached hydrogen (secondary N) is 5. The highest BCUT2D eigenvalue weighted by molar-refractivity contribution is 5.88. The maximum Gasteiger partial charge on any atom is 0.306 e. The van der Waals surface area contributed by atoms with E-state index in [4.69, 9.17) is 71.1 Å². The molecule has 31 N–H and O–H groups in total. The van der Waals surface area contributed by atoms with Gasteiger partial charge in [-0.15, -0.1) is 0 Å². The van der Waals surface area contributed by atoms with E-state index in [2.05, 4.69) is 26.6 Å². The van der Waals surface area contributed by atoms with Crippen LogP contribution in [-0.4, -0.2) is 567 Å². The SMILES string of the molecule is O=C(CCCCCNC(=O)CN(CC(=O)NCCCCCC(=O)N[C@@H](CCC(=O)N(CCO[C@H]1O[C@H](CO)[C@@H](O)[C@H](O)[C@@H]1O)CCO[C@H]1O[C@H](CO)[C@@H](O)[C@H](O)[C@@H]1O)C(=O)N(CCO[C@H]1O[C@H](CO)[C@@H](O)[C@H](O)[C@@H]1O)CCO[C@H]1O[C@H](CO)[C@@H](O)[C@H](O)[C@@H]1O)CC(=O)NCCCCCC(=O)OCc1ccccc1)NCCO[C@H]1O[C@H](CO[C@H]2O[C@H](CO)[C@@H](O)[C@H](O)[C@@H]2O)[C@@H](O)[C@H](O[C@H]2O[C@H](CO)[C@@H](O)[C@H](O)[C@@H]2O)[C@@H]1O. The molecule has 8 rings (SSSR count). The van der Waals surface area contributed by atoms with Crippen LogP contribution in [0, 0.1) is 0 Å². The molecule has 7 aliphatic rings. The number of benzene rings is 1. The van der Waals surface area contributed by atoms with E-state index in [9.17, 15) is 166 Å². The Bertz CT molecular complexity index is 3840. The summed E-state index contributed by atoms with van der Waals surface area (Å²) in [6, 6.07) is 7.37. The van der Waals surface area contributed by atoms with Crippen molar-refractivity contribution in [3.63, 3.8) is 0 Å². The standard InChI is InChI=1S/C88H148N8O49/c97-36-46-60(110)67(117)73(123)82(138-46)132-29-24-95(25-30-133-83-74(124)68(118)61(111)47(37-98)139-83)58(108)19-18-45(81(130)96(26-31-134-84-75(125)69(119)62(112)48(38-99)140-84)27-32-135-85-76(126)70(120)63(113)49(39-100)141-85)93-54(104)16-8-3-11-21-90-56(106)34-94(35-57(107)91-22-12-4-9-17-59(109)136-42-44-13-5-1-6-14-44)33-55(105)89-20-10-2-7-15-53(103)92-23-28-131-87-79(129)80(145-88-78(128)72(122)65(115)51(41-102)143-88)66(116)52(144-87)43-137-86-77(127)71(121)64(114)50(40-101)142-86/h1,5-6,13-14,45-52,60-80,82-88,97-102,110-129H,2-4,7-12,15-43H2,(H,89,105)(H,90,106)(H,91,107)(H,92,103)(H,93,104)/t45-,46+,47+,48+,49+,50+,51+,52+,60+,61+,62+,63+,64+,65+,66+,67-,68-,69-,70-,71-,72-,73-,74-,75-,76-,77-,78-,79-,80-,82-,83-,84-,85-,86-,87-,88+/m0/s1. The molecule has 7 aliphatic heterocycles. The lowest BCUT2D eigenvalue weighted by Crippen LogP contribution is -2.65. The highest BCUT2D eigenvalue weighted by atomic mass is 16.8. The Labute approximate surface area is 832 Å². The van der Waals surface area contributed by atoms with E-state index < -0.39 is 400 Å². The van der Waals surface area contributed by atoms with Crippen molar-refractivity contribution in [2.24, 2.45) is 0 Å². The first-order valence-corrected chi connectivity index (χ1v) is 48.3. The molecule has 1 aromatic rings. The van der Waals surface area contributed by atoms with E-state index in [1.54, 1.807) is 0 Å². The minimum Gasteiger partial charge on any atom is -0.461 e. The van der Waals surface area contributed by atoms with Gasteiger partial charge in [-0.05, 0) is 50.5 Å². The fourth-order valence-electron chi connectivity index (χ4n) is 16.5. The first-order chi connectivity index (χ1) is 69.3. The van der Waals surface area contributed by atoms with Gasteiger partial charge < -0.3 is 240 Å². The molecule has 0 radical (unpaired) electrons. The molecule has 0 bridgehead atoms. The van der Waals surface area contributed by atoms with Crippen LogP contribution in [0.2, 0.25) is 0 Å². The Morgan fingerprint density at radius 3 is 1.02 bits per heavy atom. The number of ether oxygens (including phenoxy) is 15. The smallest absolute Gasteiger partial charge is 0.306 e. The third kappa shape index (κ3) is 37.7. The second-order valence-electron chi connectivity index (χ2n) is 36.0. The van der Waals surface area contributed by atoms with Crippen LogP contribution in [0.15, 0.2) is 30.3 Å². The van der Waals surface area contributed by atoms with Gasteiger partial charge in [-0.2, -0.15) is 0 Å². The molecule has 7 fully saturated rings. The van der Waals surface area contributed by atoms with Crippen LogP contribution in [0.5, 0.6) is 0 Å². The Morgan fingerprint density at radius 2 is 0.634 bits per heavy atom. The molecule has 0 aromatic heterocycles. The largest absolute Gasteiger partial charge is 0.461 e. The molecule has 0 aliphatic carbocycles. The molecule has 1 aromatic carbocycles. The molecule has 0 saturated carbocycles. The number of aliphatic hydroxyl groups is 26. The zero-order chi connectivity index (χ0) is 106. The minimum absolute atomic E-state index is 0.0242. The van der Waals surface area contributed by atoms with E-state index in [0.717, 1.165) is 15.4 Å². The summed E-state index contributed by atoms with van der Waals surface area (Å²) in [5.41, 5.74) is 0.812. The molecule has 0 unspecified atom stereocenters. The fraction of sp³-hybridized carbons (Fsp3) is 0.841. The Hall–Kier alpha value is -6.66. The lowest BCUT2D eigenvalue weighted by Gasteiger charge is -2.46. The maximum atomic E-state index is 15.2.